The molecule has 7 nitrogen and oxygen atoms in total. The van der Waals surface area contributed by atoms with Crippen molar-refractivity contribution < 1.29 is 9.47 Å². The molecule has 0 unspecified atom stereocenters. The van der Waals surface area contributed by atoms with Gasteiger partial charge in [-0.2, -0.15) is 0 Å². The average Bonchev–Trinajstić information content (AvgIpc) is 2.44. The largest absolute Gasteiger partial charge is 0.480 e. The van der Waals surface area contributed by atoms with E-state index in [1.165, 1.54) is 7.11 Å². The smallest absolute Gasteiger partial charge is 0.265 e. The lowest BCUT2D eigenvalue weighted by Crippen LogP contribution is -2.17. The third-order valence-corrected chi connectivity index (χ3v) is 3.42. The van der Waals surface area contributed by atoms with Crippen LogP contribution in [-0.4, -0.2) is 34.4 Å². The van der Waals surface area contributed by atoms with Crippen LogP contribution >= 0.6 is 22.6 Å². The number of ether oxygens (including phenoxy) is 2. The number of methoxy groups -OCH3 is 2. The molecule has 0 amide bonds. The minimum Gasteiger partial charge on any atom is -0.480 e. The Bertz CT molecular complexity index is 627. The Balaban J connectivity index is 2.46. The Morgan fingerprint density at radius 2 is 2.11 bits per heavy atom. The topological polar surface area (TPSA) is 90.0 Å². The molecular weight excluding hydrogens is 363 g/mol. The predicted octanol–water partition coefficient (Wildman–Crippen LogP) is 0.987. The summed E-state index contributed by atoms with van der Waals surface area (Å²) in [5, 5.41) is 7.77. The molecule has 0 saturated carbocycles. The van der Waals surface area contributed by atoms with Crippen LogP contribution in [0.15, 0.2) is 16.9 Å². The van der Waals surface area contributed by atoms with E-state index in [-0.39, 0.29) is 12.2 Å². The second kappa shape index (κ2) is 6.06. The summed E-state index contributed by atoms with van der Waals surface area (Å²) in [5.41, 5.74) is 0.807. The fourth-order valence-corrected chi connectivity index (χ4v) is 1.83. The highest BCUT2D eigenvalue weighted by Gasteiger charge is 2.11. The molecule has 2 rings (SSSR count). The van der Waals surface area contributed by atoms with Gasteiger partial charge in [-0.3, -0.25) is 4.79 Å². The SMILES string of the molecule is COCc1nc(-c2ccc(OC)nn2)[nH]c(=O)c1I. The highest BCUT2D eigenvalue weighted by atomic mass is 127. The molecule has 0 radical (unpaired) electrons. The third kappa shape index (κ3) is 3.07. The van der Waals surface area contributed by atoms with Crippen LogP contribution in [0.3, 0.4) is 0 Å². The van der Waals surface area contributed by atoms with Gasteiger partial charge in [-0.05, 0) is 28.7 Å². The lowest BCUT2D eigenvalue weighted by atomic mass is 10.3. The highest BCUT2D eigenvalue weighted by Crippen LogP contribution is 2.14. The fraction of sp³-hybridized carbons (Fsp3) is 0.273. The van der Waals surface area contributed by atoms with Crippen LogP contribution in [0, 0.1) is 3.57 Å². The van der Waals surface area contributed by atoms with Gasteiger partial charge in [0.05, 0.1) is 19.4 Å². The normalized spacial score (nSPS) is 10.5. The molecule has 0 bridgehead atoms. The lowest BCUT2D eigenvalue weighted by molar-refractivity contribution is 0.180. The van der Waals surface area contributed by atoms with Crippen molar-refractivity contribution in [3.8, 4) is 17.4 Å². The number of nitrogens with one attached hydrogen (secondary N) is 1. The van der Waals surface area contributed by atoms with Crippen LogP contribution in [0.25, 0.3) is 11.5 Å². The Morgan fingerprint density at radius 3 is 2.68 bits per heavy atom. The average molecular weight is 374 g/mol. The number of halogens is 1. The van der Waals surface area contributed by atoms with Crippen molar-refractivity contribution in [2.75, 3.05) is 14.2 Å². The zero-order valence-corrected chi connectivity index (χ0v) is 12.5. The second-order valence-corrected chi connectivity index (χ2v) is 4.65. The standard InChI is InChI=1S/C11H11IN4O3/c1-18-5-7-9(12)11(17)14-10(13-7)6-3-4-8(19-2)16-15-6/h3-4H,5H2,1-2H3,(H,13,14,17). The number of rotatable bonds is 4. The molecule has 100 valence electrons. The Morgan fingerprint density at radius 1 is 1.32 bits per heavy atom. The molecule has 2 aromatic heterocycles. The van der Waals surface area contributed by atoms with E-state index in [2.05, 4.69) is 20.2 Å². The Kier molecular flexibility index (Phi) is 4.43. The third-order valence-electron chi connectivity index (χ3n) is 2.30. The summed E-state index contributed by atoms with van der Waals surface area (Å²) < 4.78 is 10.4. The zero-order chi connectivity index (χ0) is 13.8. The summed E-state index contributed by atoms with van der Waals surface area (Å²) in [6.45, 7) is 0.263. The predicted molar refractivity (Wildman–Crippen MR) is 75.9 cm³/mol. The highest BCUT2D eigenvalue weighted by molar-refractivity contribution is 14.1. The van der Waals surface area contributed by atoms with Gasteiger partial charge >= 0.3 is 0 Å². The molecule has 1 N–H and O–H groups in total. The maximum Gasteiger partial charge on any atom is 0.265 e. The number of nitrogens with zero attached hydrogens (tertiary/aromatic N) is 3. The first-order valence-electron chi connectivity index (χ1n) is 5.31. The minimum absolute atomic E-state index is 0.227. The maximum absolute atomic E-state index is 11.8. The van der Waals surface area contributed by atoms with Crippen molar-refractivity contribution in [3.63, 3.8) is 0 Å². The van der Waals surface area contributed by atoms with Gasteiger partial charge < -0.3 is 14.5 Å². The van der Waals surface area contributed by atoms with Crippen molar-refractivity contribution in [1.82, 2.24) is 20.2 Å². The van der Waals surface area contributed by atoms with E-state index < -0.39 is 0 Å². The van der Waals surface area contributed by atoms with Crippen molar-refractivity contribution in [2.45, 2.75) is 6.61 Å². The zero-order valence-electron chi connectivity index (χ0n) is 10.3. The number of H-pyrrole nitrogens is 1. The molecule has 0 atom stereocenters. The number of hydrogen-bond acceptors (Lipinski definition) is 6. The number of aromatic amines is 1. The van der Waals surface area contributed by atoms with E-state index in [1.54, 1.807) is 19.2 Å². The lowest BCUT2D eigenvalue weighted by Gasteiger charge is -2.05. The summed E-state index contributed by atoms with van der Waals surface area (Å²) in [6, 6.07) is 3.32. The van der Waals surface area contributed by atoms with Crippen LogP contribution < -0.4 is 10.3 Å². The van der Waals surface area contributed by atoms with Crippen molar-refractivity contribution in [3.05, 3.63) is 31.8 Å². The van der Waals surface area contributed by atoms with E-state index in [0.717, 1.165) is 0 Å². The van der Waals surface area contributed by atoms with Gasteiger partial charge in [-0.1, -0.05) is 0 Å². The summed E-state index contributed by atoms with van der Waals surface area (Å²) in [7, 11) is 3.05. The molecule has 0 spiro atoms. The summed E-state index contributed by atoms with van der Waals surface area (Å²) in [5.74, 6) is 0.751. The Labute approximate surface area is 122 Å². The molecule has 2 heterocycles. The molecular formula is C11H11IN4O3. The van der Waals surface area contributed by atoms with E-state index >= 15 is 0 Å². The molecule has 0 aliphatic carbocycles. The first kappa shape index (κ1) is 13.9. The number of aromatic nitrogens is 4. The van der Waals surface area contributed by atoms with E-state index in [9.17, 15) is 4.79 Å². The quantitative estimate of drug-likeness (QED) is 0.803. The molecule has 2 aromatic rings. The van der Waals surface area contributed by atoms with Crippen LogP contribution in [-0.2, 0) is 11.3 Å². The van der Waals surface area contributed by atoms with Crippen LogP contribution in [0.4, 0.5) is 0 Å². The molecule has 0 aromatic carbocycles. The van der Waals surface area contributed by atoms with Crippen molar-refractivity contribution in [1.29, 1.82) is 0 Å². The van der Waals surface area contributed by atoms with Gasteiger partial charge in [0, 0.05) is 13.2 Å². The Hall–Kier alpha value is -1.55. The molecule has 19 heavy (non-hydrogen) atoms. The van der Waals surface area contributed by atoms with Crippen LogP contribution in [0.5, 0.6) is 5.88 Å². The number of hydrogen-bond donors (Lipinski definition) is 1. The molecule has 0 aliphatic heterocycles. The van der Waals surface area contributed by atoms with Gasteiger partial charge in [0.15, 0.2) is 5.82 Å². The van der Waals surface area contributed by atoms with Crippen LogP contribution in [0.2, 0.25) is 0 Å². The maximum atomic E-state index is 11.8. The minimum atomic E-state index is -0.227. The first-order chi connectivity index (χ1) is 9.15. The van der Waals surface area contributed by atoms with E-state index in [0.29, 0.717) is 26.7 Å². The molecule has 0 aliphatic rings. The van der Waals surface area contributed by atoms with Gasteiger partial charge in [0.25, 0.3) is 5.56 Å². The first-order valence-corrected chi connectivity index (χ1v) is 6.39. The van der Waals surface area contributed by atoms with Crippen LogP contribution in [0.1, 0.15) is 5.69 Å². The second-order valence-electron chi connectivity index (χ2n) is 3.57. The summed E-state index contributed by atoms with van der Waals surface area (Å²) in [4.78, 5) is 18.8. The molecule has 0 fully saturated rings. The van der Waals surface area contributed by atoms with Gasteiger partial charge in [0.2, 0.25) is 5.88 Å². The van der Waals surface area contributed by atoms with Crippen molar-refractivity contribution in [2.24, 2.45) is 0 Å². The summed E-state index contributed by atoms with van der Waals surface area (Å²) in [6.07, 6.45) is 0. The molecule has 8 heteroatoms. The van der Waals surface area contributed by atoms with E-state index in [1.807, 2.05) is 22.6 Å². The summed E-state index contributed by atoms with van der Waals surface area (Å²) >= 11 is 1.93. The monoisotopic (exact) mass is 374 g/mol. The molecule has 0 saturated heterocycles. The van der Waals surface area contributed by atoms with Gasteiger partial charge in [0.1, 0.15) is 9.26 Å². The van der Waals surface area contributed by atoms with Crippen molar-refractivity contribution >= 4 is 22.6 Å². The van der Waals surface area contributed by atoms with E-state index in [4.69, 9.17) is 9.47 Å². The van der Waals surface area contributed by atoms with Gasteiger partial charge in [-0.15, -0.1) is 10.2 Å². The van der Waals surface area contributed by atoms with Gasteiger partial charge in [-0.25, -0.2) is 4.98 Å². The fourth-order valence-electron chi connectivity index (χ4n) is 1.41.